The normalized spacial score (nSPS) is 41.5. The first-order valence-electron chi connectivity index (χ1n) is 5.69. The summed E-state index contributed by atoms with van der Waals surface area (Å²) < 4.78 is 0. The van der Waals surface area contributed by atoms with E-state index in [0.29, 0.717) is 0 Å². The summed E-state index contributed by atoms with van der Waals surface area (Å²) in [7, 11) is 0. The molecule has 1 saturated heterocycles. The van der Waals surface area contributed by atoms with E-state index in [9.17, 15) is 0 Å². The second-order valence-corrected chi connectivity index (χ2v) is 5.94. The van der Waals surface area contributed by atoms with Gasteiger partial charge in [-0.05, 0) is 25.2 Å². The van der Waals surface area contributed by atoms with Gasteiger partial charge in [0.05, 0.1) is 0 Å². The zero-order chi connectivity index (χ0) is 9.26. The van der Waals surface area contributed by atoms with Crippen LogP contribution in [0.5, 0.6) is 0 Å². The molecule has 0 aromatic rings. The van der Waals surface area contributed by atoms with Crippen LogP contribution in [0.2, 0.25) is 0 Å². The molecule has 13 heavy (non-hydrogen) atoms. The second kappa shape index (κ2) is 4.22. The van der Waals surface area contributed by atoms with Gasteiger partial charge in [0, 0.05) is 23.1 Å². The number of hydrogen-bond donors (Lipinski definition) is 1. The monoisotopic (exact) mass is 199 g/mol. The molecular formula is C11H21NS. The van der Waals surface area contributed by atoms with Crippen molar-refractivity contribution in [3.8, 4) is 0 Å². The molecule has 0 aromatic heterocycles. The van der Waals surface area contributed by atoms with E-state index in [0.717, 1.165) is 23.3 Å². The van der Waals surface area contributed by atoms with Crippen molar-refractivity contribution in [1.82, 2.24) is 5.32 Å². The van der Waals surface area contributed by atoms with E-state index in [1.165, 1.54) is 31.4 Å². The van der Waals surface area contributed by atoms with Gasteiger partial charge < -0.3 is 5.32 Å². The van der Waals surface area contributed by atoms with Crippen LogP contribution in [0.25, 0.3) is 0 Å². The first kappa shape index (κ1) is 9.85. The Bertz CT molecular complexity index is 165. The molecule has 1 heterocycles. The number of nitrogens with one attached hydrogen (secondary N) is 1. The zero-order valence-electron chi connectivity index (χ0n) is 8.75. The zero-order valence-corrected chi connectivity index (χ0v) is 9.57. The summed E-state index contributed by atoms with van der Waals surface area (Å²) >= 11 is 2.17. The summed E-state index contributed by atoms with van der Waals surface area (Å²) in [5, 5.41) is 4.67. The van der Waals surface area contributed by atoms with Gasteiger partial charge in [-0.15, -0.1) is 0 Å². The maximum absolute atomic E-state index is 3.83. The summed E-state index contributed by atoms with van der Waals surface area (Å²) in [6, 6.07) is 1.60. The molecule has 0 radical (unpaired) electrons. The number of rotatable bonds is 2. The Kier molecular flexibility index (Phi) is 3.20. The van der Waals surface area contributed by atoms with Gasteiger partial charge in [0.15, 0.2) is 0 Å². The van der Waals surface area contributed by atoms with E-state index in [1.54, 1.807) is 0 Å². The third kappa shape index (κ3) is 2.04. The summed E-state index contributed by atoms with van der Waals surface area (Å²) in [4.78, 5) is 0. The van der Waals surface area contributed by atoms with Gasteiger partial charge in [0.2, 0.25) is 0 Å². The van der Waals surface area contributed by atoms with Crippen LogP contribution in [0.3, 0.4) is 0 Å². The minimum atomic E-state index is 0.784. The van der Waals surface area contributed by atoms with Gasteiger partial charge in [-0.3, -0.25) is 0 Å². The molecule has 1 aliphatic heterocycles. The van der Waals surface area contributed by atoms with Crippen molar-refractivity contribution in [2.75, 3.05) is 5.75 Å². The van der Waals surface area contributed by atoms with Crippen molar-refractivity contribution >= 4 is 11.8 Å². The first-order chi connectivity index (χ1) is 6.31. The summed E-state index contributed by atoms with van der Waals surface area (Å²) in [6.45, 7) is 4.69. The molecule has 1 aliphatic carbocycles. The van der Waals surface area contributed by atoms with Crippen LogP contribution in [-0.2, 0) is 0 Å². The lowest BCUT2D eigenvalue weighted by molar-refractivity contribution is 0.211. The molecule has 2 rings (SSSR count). The van der Waals surface area contributed by atoms with Gasteiger partial charge in [0.1, 0.15) is 0 Å². The Hall–Kier alpha value is 0.310. The Morgan fingerprint density at radius 3 is 2.69 bits per heavy atom. The fourth-order valence-corrected chi connectivity index (χ4v) is 3.76. The lowest BCUT2D eigenvalue weighted by Crippen LogP contribution is -2.54. The predicted octanol–water partition coefficient (Wildman–Crippen LogP) is 2.66. The lowest BCUT2D eigenvalue weighted by atomic mass is 9.78. The molecular weight excluding hydrogens is 178 g/mol. The molecule has 1 saturated carbocycles. The molecule has 2 heteroatoms. The maximum atomic E-state index is 3.83. The van der Waals surface area contributed by atoms with E-state index in [2.05, 4.69) is 30.9 Å². The van der Waals surface area contributed by atoms with Gasteiger partial charge in [-0.1, -0.05) is 20.3 Å². The van der Waals surface area contributed by atoms with Gasteiger partial charge in [-0.25, -0.2) is 0 Å². The number of hydrogen-bond acceptors (Lipinski definition) is 2. The van der Waals surface area contributed by atoms with E-state index in [-0.39, 0.29) is 0 Å². The molecule has 3 unspecified atom stereocenters. The van der Waals surface area contributed by atoms with Gasteiger partial charge in [-0.2, -0.15) is 11.8 Å². The van der Waals surface area contributed by atoms with Crippen LogP contribution < -0.4 is 5.32 Å². The lowest BCUT2D eigenvalue weighted by Gasteiger charge is -2.43. The van der Waals surface area contributed by atoms with E-state index in [4.69, 9.17) is 0 Å². The minimum Gasteiger partial charge on any atom is -0.309 e. The number of thioether (sulfide) groups is 1. The van der Waals surface area contributed by atoms with Crippen molar-refractivity contribution in [3.63, 3.8) is 0 Å². The quantitative estimate of drug-likeness (QED) is 0.734. The fraction of sp³-hybridized carbons (Fsp3) is 1.00. The Morgan fingerprint density at radius 1 is 1.38 bits per heavy atom. The molecule has 0 bridgehead atoms. The molecule has 0 aromatic carbocycles. The van der Waals surface area contributed by atoms with Crippen molar-refractivity contribution in [2.24, 2.45) is 5.92 Å². The van der Waals surface area contributed by atoms with E-state index >= 15 is 0 Å². The molecule has 0 spiro atoms. The van der Waals surface area contributed by atoms with Crippen molar-refractivity contribution < 1.29 is 0 Å². The standard InChI is InChI=1S/C11H21NS/c1-3-10-7-13-8(2)11(12-10)9-5-4-6-9/h8-12H,3-7H2,1-2H3. The van der Waals surface area contributed by atoms with E-state index < -0.39 is 0 Å². The molecule has 1 N–H and O–H groups in total. The molecule has 0 amide bonds. The predicted molar refractivity (Wildman–Crippen MR) is 60.3 cm³/mol. The Morgan fingerprint density at radius 2 is 2.15 bits per heavy atom. The van der Waals surface area contributed by atoms with Crippen LogP contribution in [-0.4, -0.2) is 23.1 Å². The maximum Gasteiger partial charge on any atom is 0.0215 e. The van der Waals surface area contributed by atoms with Crippen LogP contribution in [0, 0.1) is 5.92 Å². The van der Waals surface area contributed by atoms with Crippen molar-refractivity contribution in [3.05, 3.63) is 0 Å². The van der Waals surface area contributed by atoms with Crippen LogP contribution in [0.4, 0.5) is 0 Å². The van der Waals surface area contributed by atoms with Crippen LogP contribution in [0.1, 0.15) is 39.5 Å². The highest BCUT2D eigenvalue weighted by Gasteiger charge is 2.35. The highest BCUT2D eigenvalue weighted by molar-refractivity contribution is 8.00. The van der Waals surface area contributed by atoms with Gasteiger partial charge in [0.25, 0.3) is 0 Å². The first-order valence-corrected chi connectivity index (χ1v) is 6.73. The van der Waals surface area contributed by atoms with E-state index in [1.807, 2.05) is 0 Å². The SMILES string of the molecule is CCC1CSC(C)C(C2CCC2)N1. The topological polar surface area (TPSA) is 12.0 Å². The summed E-state index contributed by atoms with van der Waals surface area (Å²) in [5.74, 6) is 2.32. The smallest absolute Gasteiger partial charge is 0.0215 e. The molecule has 3 atom stereocenters. The Labute approximate surface area is 86.0 Å². The molecule has 76 valence electrons. The average Bonchev–Trinajstić information content (AvgIpc) is 2.06. The summed E-state index contributed by atoms with van der Waals surface area (Å²) in [5.41, 5.74) is 0. The highest BCUT2D eigenvalue weighted by Crippen LogP contribution is 2.36. The molecule has 2 fully saturated rings. The third-order valence-electron chi connectivity index (χ3n) is 3.64. The van der Waals surface area contributed by atoms with Crippen LogP contribution >= 0.6 is 11.8 Å². The third-order valence-corrected chi connectivity index (χ3v) is 5.06. The van der Waals surface area contributed by atoms with Crippen LogP contribution in [0.15, 0.2) is 0 Å². The minimum absolute atomic E-state index is 0.784. The highest BCUT2D eigenvalue weighted by atomic mass is 32.2. The largest absolute Gasteiger partial charge is 0.309 e. The molecule has 2 aliphatic rings. The van der Waals surface area contributed by atoms with Crippen molar-refractivity contribution in [1.29, 1.82) is 0 Å². The summed E-state index contributed by atoms with van der Waals surface area (Å²) in [6.07, 6.45) is 5.71. The second-order valence-electron chi connectivity index (χ2n) is 4.53. The van der Waals surface area contributed by atoms with Crippen molar-refractivity contribution in [2.45, 2.75) is 56.9 Å². The van der Waals surface area contributed by atoms with Gasteiger partial charge >= 0.3 is 0 Å². The molecule has 1 nitrogen and oxygen atoms in total. The fourth-order valence-electron chi connectivity index (χ4n) is 2.38. The average molecular weight is 199 g/mol. The Balaban J connectivity index is 1.90.